The molecule has 0 unspecified atom stereocenters. The van der Waals surface area contributed by atoms with Crippen LogP contribution in [0.3, 0.4) is 0 Å². The molecule has 0 aromatic heterocycles. The second kappa shape index (κ2) is 8.88. The number of hydrogen-bond donors (Lipinski definition) is 1. The lowest BCUT2D eigenvalue weighted by atomic mass is 9.81. The zero-order valence-electron chi connectivity index (χ0n) is 16.3. The Hall–Kier alpha value is -1.86. The van der Waals surface area contributed by atoms with E-state index in [4.69, 9.17) is 4.74 Å². The summed E-state index contributed by atoms with van der Waals surface area (Å²) in [7, 11) is 0. The van der Waals surface area contributed by atoms with Gasteiger partial charge in [-0.15, -0.1) is 0 Å². The third-order valence-corrected chi connectivity index (χ3v) is 6.29. The van der Waals surface area contributed by atoms with Gasteiger partial charge in [0.05, 0.1) is 5.41 Å². The Bertz CT molecular complexity index is 895. The highest BCUT2D eigenvalue weighted by Crippen LogP contribution is 2.38. The molecule has 3 rings (SSSR count). The number of amides is 1. The highest BCUT2D eigenvalue weighted by molar-refractivity contribution is 9.11. The normalized spacial score (nSPS) is 20.0. The van der Waals surface area contributed by atoms with Gasteiger partial charge >= 0.3 is 5.97 Å². The maximum atomic E-state index is 13.1. The molecule has 1 heterocycles. The Labute approximate surface area is 187 Å². The van der Waals surface area contributed by atoms with Gasteiger partial charge in [0.2, 0.25) is 5.91 Å². The molecule has 154 valence electrons. The van der Waals surface area contributed by atoms with Crippen LogP contribution in [0.1, 0.15) is 38.7 Å². The molecular weight excluding hydrogens is 502 g/mol. The molecule has 0 saturated carbocycles. The first-order valence-electron chi connectivity index (χ1n) is 9.53. The monoisotopic (exact) mass is 523 g/mol. The number of hydrogen-bond acceptors (Lipinski definition) is 3. The van der Waals surface area contributed by atoms with Crippen molar-refractivity contribution in [3.8, 4) is 11.5 Å². The van der Waals surface area contributed by atoms with Crippen molar-refractivity contribution < 1.29 is 19.4 Å². The number of benzene rings is 2. The van der Waals surface area contributed by atoms with Crippen LogP contribution in [0, 0.1) is 0 Å². The molecule has 0 aliphatic carbocycles. The van der Waals surface area contributed by atoms with Crippen LogP contribution in [-0.4, -0.2) is 34.5 Å². The number of likely N-dealkylation sites (tertiary alicyclic amines) is 1. The molecule has 2 aromatic carbocycles. The summed E-state index contributed by atoms with van der Waals surface area (Å²) in [6, 6.07) is 12.4. The first-order valence-corrected chi connectivity index (χ1v) is 11.1. The first kappa shape index (κ1) is 21.8. The SMILES string of the molecule is CCC[C@H](C(=O)O)N1CC[C@@](C)(c2ccc(Oc3cc(Br)cc(Br)c3)cc2)C1=O. The summed E-state index contributed by atoms with van der Waals surface area (Å²) in [5.41, 5.74) is 0.145. The maximum absolute atomic E-state index is 13.1. The third kappa shape index (κ3) is 4.67. The smallest absolute Gasteiger partial charge is 0.326 e. The minimum atomic E-state index is -0.937. The molecule has 1 fully saturated rings. The predicted octanol–water partition coefficient (Wildman–Crippen LogP) is 5.75. The molecule has 1 aliphatic heterocycles. The van der Waals surface area contributed by atoms with Gasteiger partial charge in [-0.25, -0.2) is 4.79 Å². The minimum absolute atomic E-state index is 0.122. The van der Waals surface area contributed by atoms with E-state index in [1.165, 1.54) is 4.90 Å². The third-order valence-electron chi connectivity index (χ3n) is 5.37. The fourth-order valence-corrected chi connectivity index (χ4v) is 4.99. The Kier molecular flexibility index (Phi) is 6.69. The molecule has 1 aliphatic rings. The summed E-state index contributed by atoms with van der Waals surface area (Å²) in [6.45, 7) is 4.27. The van der Waals surface area contributed by atoms with E-state index in [1.807, 2.05) is 56.3 Å². The van der Waals surface area contributed by atoms with Crippen LogP contribution in [0.2, 0.25) is 0 Å². The highest BCUT2D eigenvalue weighted by Gasteiger charge is 2.47. The fourth-order valence-electron chi connectivity index (χ4n) is 3.74. The second-order valence-electron chi connectivity index (χ2n) is 7.45. The van der Waals surface area contributed by atoms with Crippen LogP contribution in [0.25, 0.3) is 0 Å². The van der Waals surface area contributed by atoms with E-state index in [0.717, 1.165) is 20.9 Å². The van der Waals surface area contributed by atoms with Crippen LogP contribution in [0.4, 0.5) is 0 Å². The number of carbonyl (C=O) groups excluding carboxylic acids is 1. The molecule has 0 radical (unpaired) electrons. The van der Waals surface area contributed by atoms with E-state index < -0.39 is 17.4 Å². The molecule has 29 heavy (non-hydrogen) atoms. The van der Waals surface area contributed by atoms with Crippen molar-refractivity contribution >= 4 is 43.7 Å². The van der Waals surface area contributed by atoms with E-state index in [9.17, 15) is 14.7 Å². The molecule has 2 atom stereocenters. The Balaban J connectivity index is 1.78. The zero-order valence-corrected chi connectivity index (χ0v) is 19.5. The van der Waals surface area contributed by atoms with Crippen LogP contribution >= 0.6 is 31.9 Å². The van der Waals surface area contributed by atoms with Gasteiger partial charge in [-0.3, -0.25) is 4.79 Å². The molecule has 1 N–H and O–H groups in total. The number of carboxylic acid groups (broad SMARTS) is 1. The van der Waals surface area contributed by atoms with Gasteiger partial charge in [0.1, 0.15) is 17.5 Å². The number of rotatable bonds is 7. The number of aliphatic carboxylic acids is 1. The van der Waals surface area contributed by atoms with Crippen molar-refractivity contribution in [1.82, 2.24) is 4.90 Å². The number of carbonyl (C=O) groups is 2. The van der Waals surface area contributed by atoms with Gasteiger partial charge in [-0.2, -0.15) is 0 Å². The van der Waals surface area contributed by atoms with Gasteiger partial charge < -0.3 is 14.7 Å². The fraction of sp³-hybridized carbons (Fsp3) is 0.364. The van der Waals surface area contributed by atoms with Gasteiger partial charge in [-0.05, 0) is 55.7 Å². The lowest BCUT2D eigenvalue weighted by molar-refractivity contribution is -0.149. The van der Waals surface area contributed by atoms with E-state index in [-0.39, 0.29) is 5.91 Å². The second-order valence-corrected chi connectivity index (χ2v) is 9.29. The van der Waals surface area contributed by atoms with Gasteiger partial charge in [0.25, 0.3) is 0 Å². The summed E-state index contributed by atoms with van der Waals surface area (Å²) in [5.74, 6) is 0.299. The number of nitrogens with zero attached hydrogens (tertiary/aromatic N) is 1. The number of halogens is 2. The summed E-state index contributed by atoms with van der Waals surface area (Å²) in [4.78, 5) is 26.3. The van der Waals surface area contributed by atoms with Crippen molar-refractivity contribution in [3.05, 3.63) is 57.0 Å². The number of ether oxygens (including phenoxy) is 1. The molecule has 2 aromatic rings. The molecule has 0 spiro atoms. The molecular formula is C22H23Br2NO4. The molecule has 1 amide bonds. The van der Waals surface area contributed by atoms with Crippen molar-refractivity contribution in [2.24, 2.45) is 0 Å². The van der Waals surface area contributed by atoms with Crippen LogP contribution in [0.5, 0.6) is 11.5 Å². The van der Waals surface area contributed by atoms with Crippen molar-refractivity contribution in [3.63, 3.8) is 0 Å². The largest absolute Gasteiger partial charge is 0.480 e. The maximum Gasteiger partial charge on any atom is 0.326 e. The molecule has 5 nitrogen and oxygen atoms in total. The van der Waals surface area contributed by atoms with Crippen LogP contribution < -0.4 is 4.74 Å². The summed E-state index contributed by atoms with van der Waals surface area (Å²) in [6.07, 6.45) is 1.78. The molecule has 7 heteroatoms. The lowest BCUT2D eigenvalue weighted by Crippen LogP contribution is -2.45. The van der Waals surface area contributed by atoms with Crippen molar-refractivity contribution in [2.75, 3.05) is 6.54 Å². The van der Waals surface area contributed by atoms with E-state index in [0.29, 0.717) is 30.9 Å². The van der Waals surface area contributed by atoms with Crippen LogP contribution in [-0.2, 0) is 15.0 Å². The topological polar surface area (TPSA) is 66.8 Å². The highest BCUT2D eigenvalue weighted by atomic mass is 79.9. The van der Waals surface area contributed by atoms with Crippen molar-refractivity contribution in [2.45, 2.75) is 44.6 Å². The zero-order chi connectivity index (χ0) is 21.2. The van der Waals surface area contributed by atoms with E-state index >= 15 is 0 Å². The average Bonchev–Trinajstić information content (AvgIpc) is 2.95. The summed E-state index contributed by atoms with van der Waals surface area (Å²) < 4.78 is 7.72. The van der Waals surface area contributed by atoms with Gasteiger partial charge in [0, 0.05) is 15.5 Å². The van der Waals surface area contributed by atoms with Gasteiger partial charge in [-0.1, -0.05) is 57.3 Å². The minimum Gasteiger partial charge on any atom is -0.480 e. The molecule has 0 bridgehead atoms. The standard InChI is InChI=1S/C22H23Br2NO4/c1-3-4-19(20(26)27)25-10-9-22(2,21(25)28)14-5-7-17(8-6-14)29-18-12-15(23)11-16(24)13-18/h5-8,11-13,19H,3-4,9-10H2,1-2H3,(H,26,27)/t19-,22+/m1/s1. The predicted molar refractivity (Wildman–Crippen MR) is 118 cm³/mol. The molecule has 1 saturated heterocycles. The summed E-state index contributed by atoms with van der Waals surface area (Å²) >= 11 is 6.88. The van der Waals surface area contributed by atoms with E-state index in [2.05, 4.69) is 31.9 Å². The lowest BCUT2D eigenvalue weighted by Gasteiger charge is -2.28. The van der Waals surface area contributed by atoms with Crippen LogP contribution in [0.15, 0.2) is 51.4 Å². The average molecular weight is 525 g/mol. The Morgan fingerprint density at radius 2 is 1.79 bits per heavy atom. The first-order chi connectivity index (χ1) is 13.7. The summed E-state index contributed by atoms with van der Waals surface area (Å²) in [5, 5.41) is 9.52. The number of carboxylic acids is 1. The Morgan fingerprint density at radius 1 is 1.17 bits per heavy atom. The van der Waals surface area contributed by atoms with E-state index in [1.54, 1.807) is 0 Å². The van der Waals surface area contributed by atoms with Crippen molar-refractivity contribution in [1.29, 1.82) is 0 Å². The quantitative estimate of drug-likeness (QED) is 0.501. The Morgan fingerprint density at radius 3 is 2.34 bits per heavy atom. The van der Waals surface area contributed by atoms with Gasteiger partial charge in [0.15, 0.2) is 0 Å².